The topological polar surface area (TPSA) is 64.6 Å². The van der Waals surface area contributed by atoms with Crippen molar-refractivity contribution in [3.63, 3.8) is 0 Å². The van der Waals surface area contributed by atoms with Crippen LogP contribution in [-0.2, 0) is 0 Å². The monoisotopic (exact) mass is 271 g/mol. The van der Waals surface area contributed by atoms with Crippen molar-refractivity contribution in [3.05, 3.63) is 0 Å². The van der Waals surface area contributed by atoms with Crippen LogP contribution in [0.5, 0.6) is 0 Å². The first-order valence-corrected chi connectivity index (χ1v) is 7.22. The standard InChI is InChI=1S/C14H29N3O2/c1-11(2)8-12(9-17(3)4)16-13(18)15-10-14(19)6-5-7-14/h11-12,19H,5-10H2,1-4H3,(H2,15,16,18). The van der Waals surface area contributed by atoms with Crippen LogP contribution in [0.2, 0.25) is 0 Å². The number of aliphatic hydroxyl groups is 1. The van der Waals surface area contributed by atoms with Crippen molar-refractivity contribution in [2.24, 2.45) is 5.92 Å². The molecule has 0 aromatic heterocycles. The molecule has 1 aliphatic carbocycles. The maximum atomic E-state index is 11.9. The molecular formula is C14H29N3O2. The summed E-state index contributed by atoms with van der Waals surface area (Å²) in [6.07, 6.45) is 3.59. The van der Waals surface area contributed by atoms with Crippen LogP contribution in [0.25, 0.3) is 0 Å². The van der Waals surface area contributed by atoms with Gasteiger partial charge in [0.25, 0.3) is 0 Å². The van der Waals surface area contributed by atoms with Crippen molar-refractivity contribution in [1.29, 1.82) is 0 Å². The van der Waals surface area contributed by atoms with Crippen LogP contribution in [-0.4, -0.2) is 54.9 Å². The lowest BCUT2D eigenvalue weighted by molar-refractivity contribution is -0.0290. The Morgan fingerprint density at radius 1 is 1.37 bits per heavy atom. The number of carbonyl (C=O) groups is 1. The largest absolute Gasteiger partial charge is 0.388 e. The number of hydrogen-bond acceptors (Lipinski definition) is 3. The summed E-state index contributed by atoms with van der Waals surface area (Å²) in [7, 11) is 4.01. The van der Waals surface area contributed by atoms with E-state index in [9.17, 15) is 9.90 Å². The molecule has 3 N–H and O–H groups in total. The minimum Gasteiger partial charge on any atom is -0.388 e. The number of urea groups is 1. The maximum Gasteiger partial charge on any atom is 0.315 e. The van der Waals surface area contributed by atoms with Gasteiger partial charge in [-0.1, -0.05) is 13.8 Å². The quantitative estimate of drug-likeness (QED) is 0.651. The van der Waals surface area contributed by atoms with Crippen LogP contribution in [0.3, 0.4) is 0 Å². The summed E-state index contributed by atoms with van der Waals surface area (Å²) < 4.78 is 0. The fraction of sp³-hybridized carbons (Fsp3) is 0.929. The van der Waals surface area contributed by atoms with Gasteiger partial charge < -0.3 is 20.6 Å². The SMILES string of the molecule is CC(C)CC(CN(C)C)NC(=O)NCC1(O)CCC1. The molecule has 19 heavy (non-hydrogen) atoms. The molecule has 1 fully saturated rings. The zero-order chi connectivity index (χ0) is 14.5. The molecule has 5 nitrogen and oxygen atoms in total. The second-order valence-electron chi connectivity index (χ2n) is 6.49. The number of nitrogens with zero attached hydrogens (tertiary/aromatic N) is 1. The fourth-order valence-corrected chi connectivity index (χ4v) is 2.43. The molecule has 1 unspecified atom stereocenters. The van der Waals surface area contributed by atoms with Gasteiger partial charge >= 0.3 is 6.03 Å². The summed E-state index contributed by atoms with van der Waals surface area (Å²) >= 11 is 0. The van der Waals surface area contributed by atoms with Gasteiger partial charge in [-0.15, -0.1) is 0 Å². The van der Waals surface area contributed by atoms with Crippen molar-refractivity contribution in [2.75, 3.05) is 27.2 Å². The Bertz CT molecular complexity index is 278. The molecule has 0 aliphatic heterocycles. The Morgan fingerprint density at radius 3 is 2.42 bits per heavy atom. The predicted molar refractivity (Wildman–Crippen MR) is 77.1 cm³/mol. The van der Waals surface area contributed by atoms with Gasteiger partial charge in [0.1, 0.15) is 0 Å². The van der Waals surface area contributed by atoms with Crippen LogP contribution in [0.1, 0.15) is 39.5 Å². The highest BCUT2D eigenvalue weighted by atomic mass is 16.3. The van der Waals surface area contributed by atoms with Crippen molar-refractivity contribution in [1.82, 2.24) is 15.5 Å². The maximum absolute atomic E-state index is 11.9. The van der Waals surface area contributed by atoms with E-state index in [0.717, 1.165) is 32.2 Å². The highest BCUT2D eigenvalue weighted by Gasteiger charge is 2.34. The summed E-state index contributed by atoms with van der Waals surface area (Å²) in [4.78, 5) is 13.9. The van der Waals surface area contributed by atoms with Crippen molar-refractivity contribution in [3.8, 4) is 0 Å². The van der Waals surface area contributed by atoms with E-state index in [1.165, 1.54) is 0 Å². The number of likely N-dealkylation sites (N-methyl/N-ethyl adjacent to an activating group) is 1. The van der Waals surface area contributed by atoms with E-state index in [-0.39, 0.29) is 12.1 Å². The van der Waals surface area contributed by atoms with Gasteiger partial charge in [0.15, 0.2) is 0 Å². The predicted octanol–water partition coefficient (Wildman–Crippen LogP) is 1.18. The van der Waals surface area contributed by atoms with Gasteiger partial charge in [-0.25, -0.2) is 4.79 Å². The fourth-order valence-electron chi connectivity index (χ4n) is 2.43. The van der Waals surface area contributed by atoms with E-state index in [4.69, 9.17) is 0 Å². The normalized spacial score (nSPS) is 19.1. The van der Waals surface area contributed by atoms with Crippen LogP contribution < -0.4 is 10.6 Å². The van der Waals surface area contributed by atoms with E-state index < -0.39 is 5.60 Å². The third kappa shape index (κ3) is 6.25. The van der Waals surface area contributed by atoms with Gasteiger partial charge in [0, 0.05) is 19.1 Å². The minimum atomic E-state index is -0.660. The molecule has 0 heterocycles. The molecule has 112 valence electrons. The Hall–Kier alpha value is -0.810. The molecule has 2 amide bonds. The first-order chi connectivity index (χ1) is 8.81. The van der Waals surface area contributed by atoms with Crippen molar-refractivity contribution >= 4 is 6.03 Å². The summed E-state index contributed by atoms with van der Waals surface area (Å²) in [5, 5.41) is 15.7. The van der Waals surface area contributed by atoms with Gasteiger partial charge in [0.2, 0.25) is 0 Å². The van der Waals surface area contributed by atoms with Gasteiger partial charge in [0.05, 0.1) is 5.60 Å². The Kier molecular flexibility index (Phi) is 6.07. The number of carbonyl (C=O) groups excluding carboxylic acids is 1. The van der Waals surface area contributed by atoms with Gasteiger partial charge in [-0.05, 0) is 45.7 Å². The van der Waals surface area contributed by atoms with E-state index in [0.29, 0.717) is 12.5 Å². The highest BCUT2D eigenvalue weighted by molar-refractivity contribution is 5.74. The first-order valence-electron chi connectivity index (χ1n) is 7.22. The number of rotatable bonds is 7. The molecular weight excluding hydrogens is 242 g/mol. The lowest BCUT2D eigenvalue weighted by Crippen LogP contribution is -2.53. The number of hydrogen-bond donors (Lipinski definition) is 3. The van der Waals surface area contributed by atoms with E-state index >= 15 is 0 Å². The van der Waals surface area contributed by atoms with Crippen LogP contribution in [0, 0.1) is 5.92 Å². The van der Waals surface area contributed by atoms with Crippen LogP contribution >= 0.6 is 0 Å². The molecule has 0 radical (unpaired) electrons. The molecule has 0 aromatic rings. The van der Waals surface area contributed by atoms with E-state index in [1.807, 2.05) is 14.1 Å². The molecule has 5 heteroatoms. The van der Waals surface area contributed by atoms with E-state index in [1.54, 1.807) is 0 Å². The molecule has 1 saturated carbocycles. The highest BCUT2D eigenvalue weighted by Crippen LogP contribution is 2.30. The molecule has 0 spiro atoms. The van der Waals surface area contributed by atoms with Crippen LogP contribution in [0.4, 0.5) is 4.79 Å². The zero-order valence-corrected chi connectivity index (χ0v) is 12.7. The smallest absolute Gasteiger partial charge is 0.315 e. The zero-order valence-electron chi connectivity index (χ0n) is 12.7. The second-order valence-corrected chi connectivity index (χ2v) is 6.49. The number of amides is 2. The first kappa shape index (κ1) is 16.2. The molecule has 0 saturated heterocycles. The lowest BCUT2D eigenvalue weighted by Gasteiger charge is -2.36. The van der Waals surface area contributed by atoms with E-state index in [2.05, 4.69) is 29.4 Å². The molecule has 0 bridgehead atoms. The average Bonchev–Trinajstić information content (AvgIpc) is 2.21. The molecule has 1 aliphatic rings. The second kappa shape index (κ2) is 7.10. The van der Waals surface area contributed by atoms with Gasteiger partial charge in [-0.3, -0.25) is 0 Å². The third-order valence-corrected chi connectivity index (χ3v) is 3.54. The minimum absolute atomic E-state index is 0.144. The van der Waals surface area contributed by atoms with Crippen LogP contribution in [0.15, 0.2) is 0 Å². The lowest BCUT2D eigenvalue weighted by atomic mass is 9.80. The Morgan fingerprint density at radius 2 is 2.00 bits per heavy atom. The summed E-state index contributed by atoms with van der Waals surface area (Å²) in [5.41, 5.74) is -0.660. The number of nitrogens with one attached hydrogen (secondary N) is 2. The van der Waals surface area contributed by atoms with Crippen molar-refractivity contribution in [2.45, 2.75) is 51.2 Å². The Labute approximate surface area is 116 Å². The average molecular weight is 271 g/mol. The summed E-state index contributed by atoms with van der Waals surface area (Å²) in [6, 6.07) is -0.0288. The summed E-state index contributed by atoms with van der Waals surface area (Å²) in [5.74, 6) is 0.543. The Balaban J connectivity index is 2.32. The molecule has 0 aromatic carbocycles. The third-order valence-electron chi connectivity index (χ3n) is 3.54. The van der Waals surface area contributed by atoms with Gasteiger partial charge in [-0.2, -0.15) is 0 Å². The van der Waals surface area contributed by atoms with Crippen molar-refractivity contribution < 1.29 is 9.90 Å². The summed E-state index contributed by atoms with van der Waals surface area (Å²) in [6.45, 7) is 5.49. The molecule has 1 atom stereocenters. The molecule has 1 rings (SSSR count).